The van der Waals surface area contributed by atoms with E-state index >= 15 is 0 Å². The van der Waals surface area contributed by atoms with Crippen molar-refractivity contribution >= 4 is 11.1 Å². The quantitative estimate of drug-likeness (QED) is 0.783. The first-order chi connectivity index (χ1) is 10.2. The van der Waals surface area contributed by atoms with Crippen molar-refractivity contribution in [2.75, 3.05) is 6.54 Å². The molecule has 1 atom stereocenters. The highest BCUT2D eigenvalue weighted by Crippen LogP contribution is 2.25. The zero-order valence-corrected chi connectivity index (χ0v) is 12.1. The van der Waals surface area contributed by atoms with Crippen LogP contribution in [0.25, 0.3) is 11.1 Å². The molecular formula is C16H18N2O3. The van der Waals surface area contributed by atoms with E-state index in [4.69, 9.17) is 8.83 Å². The fourth-order valence-electron chi connectivity index (χ4n) is 2.46. The minimum absolute atomic E-state index is 0.0464. The predicted octanol–water partition coefficient (Wildman–Crippen LogP) is 2.81. The van der Waals surface area contributed by atoms with Crippen molar-refractivity contribution in [2.24, 2.45) is 7.05 Å². The van der Waals surface area contributed by atoms with Crippen molar-refractivity contribution in [3.63, 3.8) is 0 Å². The van der Waals surface area contributed by atoms with E-state index in [9.17, 15) is 4.79 Å². The average molecular weight is 286 g/mol. The second-order valence-corrected chi connectivity index (χ2v) is 5.06. The van der Waals surface area contributed by atoms with Gasteiger partial charge in [-0.1, -0.05) is 13.0 Å². The molecule has 5 heteroatoms. The third-order valence-corrected chi connectivity index (χ3v) is 3.58. The molecule has 0 bridgehead atoms. The first-order valence-electron chi connectivity index (χ1n) is 7.07. The Labute approximate surface area is 122 Å². The van der Waals surface area contributed by atoms with Crippen molar-refractivity contribution in [2.45, 2.75) is 19.4 Å². The molecule has 1 aromatic carbocycles. The number of rotatable bonds is 5. The van der Waals surface area contributed by atoms with E-state index in [0.29, 0.717) is 5.58 Å². The lowest BCUT2D eigenvalue weighted by atomic mass is 10.0. The smallest absolute Gasteiger partial charge is 0.419 e. The fraction of sp³-hybridized carbons (Fsp3) is 0.312. The number of aromatic nitrogens is 1. The molecule has 1 unspecified atom stereocenters. The van der Waals surface area contributed by atoms with Crippen molar-refractivity contribution in [1.82, 2.24) is 9.88 Å². The van der Waals surface area contributed by atoms with Crippen molar-refractivity contribution in [3.8, 4) is 0 Å². The summed E-state index contributed by atoms with van der Waals surface area (Å²) < 4.78 is 12.3. The Morgan fingerprint density at radius 2 is 2.19 bits per heavy atom. The van der Waals surface area contributed by atoms with Crippen LogP contribution in [0.1, 0.15) is 30.7 Å². The average Bonchev–Trinajstić information content (AvgIpc) is 3.09. The van der Waals surface area contributed by atoms with Gasteiger partial charge in [0.2, 0.25) is 0 Å². The fourth-order valence-corrected chi connectivity index (χ4v) is 2.46. The van der Waals surface area contributed by atoms with Gasteiger partial charge in [0.25, 0.3) is 0 Å². The molecular weight excluding hydrogens is 268 g/mol. The Bertz CT molecular complexity index is 784. The number of oxazole rings is 1. The van der Waals surface area contributed by atoms with Gasteiger partial charge in [-0.2, -0.15) is 0 Å². The number of hydrogen-bond acceptors (Lipinski definition) is 4. The molecule has 110 valence electrons. The third-order valence-electron chi connectivity index (χ3n) is 3.58. The van der Waals surface area contributed by atoms with E-state index in [1.54, 1.807) is 13.3 Å². The van der Waals surface area contributed by atoms with Gasteiger partial charge >= 0.3 is 5.76 Å². The Kier molecular flexibility index (Phi) is 3.66. The molecule has 0 amide bonds. The SMILES string of the molecule is CCCNC(c1ccc2c(c1)oc(=O)n2C)c1ccco1. The molecule has 0 spiro atoms. The van der Waals surface area contributed by atoms with Crippen molar-refractivity contribution in [3.05, 3.63) is 58.5 Å². The van der Waals surface area contributed by atoms with E-state index in [1.807, 2.05) is 30.3 Å². The minimum atomic E-state index is -0.349. The van der Waals surface area contributed by atoms with Gasteiger partial charge in [0.15, 0.2) is 5.58 Å². The van der Waals surface area contributed by atoms with Gasteiger partial charge in [0.1, 0.15) is 5.76 Å². The molecule has 3 aromatic rings. The van der Waals surface area contributed by atoms with Crippen LogP contribution in [-0.4, -0.2) is 11.1 Å². The number of hydrogen-bond donors (Lipinski definition) is 1. The van der Waals surface area contributed by atoms with E-state index in [1.165, 1.54) is 4.57 Å². The Hall–Kier alpha value is -2.27. The lowest BCUT2D eigenvalue weighted by molar-refractivity contribution is 0.446. The zero-order valence-electron chi connectivity index (χ0n) is 12.1. The number of aryl methyl sites for hydroxylation is 1. The molecule has 2 heterocycles. The van der Waals surface area contributed by atoms with Crippen LogP contribution in [0.4, 0.5) is 0 Å². The van der Waals surface area contributed by atoms with Crippen LogP contribution in [-0.2, 0) is 7.05 Å². The van der Waals surface area contributed by atoms with E-state index < -0.39 is 0 Å². The van der Waals surface area contributed by atoms with Gasteiger partial charge in [-0.15, -0.1) is 0 Å². The maximum absolute atomic E-state index is 11.6. The summed E-state index contributed by atoms with van der Waals surface area (Å²) in [6.45, 7) is 2.99. The number of benzene rings is 1. The summed E-state index contributed by atoms with van der Waals surface area (Å²) in [4.78, 5) is 11.6. The topological polar surface area (TPSA) is 60.3 Å². The third kappa shape index (κ3) is 2.52. The maximum Gasteiger partial charge on any atom is 0.419 e. The molecule has 21 heavy (non-hydrogen) atoms. The Morgan fingerprint density at radius 3 is 2.90 bits per heavy atom. The second-order valence-electron chi connectivity index (χ2n) is 5.06. The van der Waals surface area contributed by atoms with Crippen molar-refractivity contribution in [1.29, 1.82) is 0 Å². The summed E-state index contributed by atoms with van der Waals surface area (Å²) in [5.74, 6) is 0.499. The summed E-state index contributed by atoms with van der Waals surface area (Å²) in [5.41, 5.74) is 2.40. The van der Waals surface area contributed by atoms with Crippen molar-refractivity contribution < 1.29 is 8.83 Å². The molecule has 0 saturated heterocycles. The molecule has 3 rings (SSSR count). The summed E-state index contributed by atoms with van der Waals surface area (Å²) in [6.07, 6.45) is 2.69. The van der Waals surface area contributed by atoms with Gasteiger partial charge in [0, 0.05) is 7.05 Å². The normalized spacial score (nSPS) is 12.9. The first-order valence-corrected chi connectivity index (χ1v) is 7.07. The molecule has 0 aliphatic heterocycles. The van der Waals surface area contributed by atoms with Crippen LogP contribution in [0.2, 0.25) is 0 Å². The van der Waals surface area contributed by atoms with Crippen LogP contribution >= 0.6 is 0 Å². The van der Waals surface area contributed by atoms with Gasteiger partial charge < -0.3 is 14.2 Å². The monoisotopic (exact) mass is 286 g/mol. The molecule has 1 N–H and O–H groups in total. The zero-order chi connectivity index (χ0) is 14.8. The van der Waals surface area contributed by atoms with Crippen LogP contribution < -0.4 is 11.1 Å². The highest BCUT2D eigenvalue weighted by molar-refractivity contribution is 5.74. The predicted molar refractivity (Wildman–Crippen MR) is 80.3 cm³/mol. The number of nitrogens with zero attached hydrogens (tertiary/aromatic N) is 1. The molecule has 2 aromatic heterocycles. The van der Waals surface area contributed by atoms with E-state index in [0.717, 1.165) is 29.8 Å². The molecule has 0 aliphatic carbocycles. The molecule has 0 radical (unpaired) electrons. The minimum Gasteiger partial charge on any atom is -0.467 e. The van der Waals surface area contributed by atoms with Gasteiger partial charge in [-0.25, -0.2) is 4.79 Å². The highest BCUT2D eigenvalue weighted by atomic mass is 16.4. The summed E-state index contributed by atoms with van der Waals surface area (Å²) in [5, 5.41) is 3.45. The molecule has 0 aliphatic rings. The van der Waals surface area contributed by atoms with Crippen LogP contribution in [0.15, 0.2) is 50.2 Å². The standard InChI is InChI=1S/C16H18N2O3/c1-3-8-17-15(13-5-4-9-20-13)11-6-7-12-14(10-11)21-16(19)18(12)2/h4-7,9-10,15,17H,3,8H2,1-2H3. The molecule has 5 nitrogen and oxygen atoms in total. The maximum atomic E-state index is 11.6. The highest BCUT2D eigenvalue weighted by Gasteiger charge is 2.17. The molecule has 0 fully saturated rings. The summed E-state index contributed by atoms with van der Waals surface area (Å²) >= 11 is 0. The lowest BCUT2D eigenvalue weighted by Crippen LogP contribution is -2.22. The lowest BCUT2D eigenvalue weighted by Gasteiger charge is -2.16. The summed E-state index contributed by atoms with van der Waals surface area (Å²) in [6, 6.07) is 9.56. The number of furan rings is 1. The summed E-state index contributed by atoms with van der Waals surface area (Å²) in [7, 11) is 1.70. The van der Waals surface area contributed by atoms with Crippen LogP contribution in [0.3, 0.4) is 0 Å². The first kappa shape index (κ1) is 13.7. The van der Waals surface area contributed by atoms with Crippen LogP contribution in [0.5, 0.6) is 0 Å². The molecule has 0 saturated carbocycles. The largest absolute Gasteiger partial charge is 0.467 e. The van der Waals surface area contributed by atoms with Gasteiger partial charge in [-0.3, -0.25) is 4.57 Å². The number of nitrogens with one attached hydrogen (secondary N) is 1. The number of fused-ring (bicyclic) bond motifs is 1. The second kappa shape index (κ2) is 5.61. The van der Waals surface area contributed by atoms with E-state index in [-0.39, 0.29) is 11.8 Å². The van der Waals surface area contributed by atoms with Gasteiger partial charge in [0.05, 0.1) is 17.8 Å². The Morgan fingerprint density at radius 1 is 1.33 bits per heavy atom. The van der Waals surface area contributed by atoms with E-state index in [2.05, 4.69) is 12.2 Å². The Balaban J connectivity index is 2.04. The van der Waals surface area contributed by atoms with Gasteiger partial charge in [-0.05, 0) is 42.8 Å². The van der Waals surface area contributed by atoms with Crippen LogP contribution in [0, 0.1) is 0 Å².